The summed E-state index contributed by atoms with van der Waals surface area (Å²) in [6.45, 7) is 4.00. The Morgan fingerprint density at radius 1 is 1.13 bits per heavy atom. The summed E-state index contributed by atoms with van der Waals surface area (Å²) in [4.78, 5) is 12.1. The molecule has 122 valence electrons. The molecule has 0 saturated heterocycles. The zero-order chi connectivity index (χ0) is 16.8. The van der Waals surface area contributed by atoms with Gasteiger partial charge in [-0.05, 0) is 36.6 Å². The Bertz CT molecular complexity index is 637. The monoisotopic (exact) mass is 315 g/mol. The highest BCUT2D eigenvalue weighted by Gasteiger charge is 2.15. The zero-order valence-corrected chi connectivity index (χ0v) is 13.4. The molecule has 0 radical (unpaired) electrons. The van der Waals surface area contributed by atoms with E-state index < -0.39 is 6.10 Å². The molecule has 23 heavy (non-hydrogen) atoms. The second kappa shape index (κ2) is 7.88. The fraction of sp³-hybridized carbons (Fsp3) is 0.316. The van der Waals surface area contributed by atoms with Crippen molar-refractivity contribution in [2.45, 2.75) is 26.4 Å². The highest BCUT2D eigenvalue weighted by molar-refractivity contribution is 5.78. The number of aliphatic hydroxyl groups excluding tert-OH is 1. The topological polar surface area (TPSA) is 49.3 Å². The fourth-order valence-electron chi connectivity index (χ4n) is 2.34. The van der Waals surface area contributed by atoms with Gasteiger partial charge < -0.3 is 10.4 Å². The van der Waals surface area contributed by atoms with Gasteiger partial charge in [-0.25, -0.2) is 4.39 Å². The second-order valence-electron chi connectivity index (χ2n) is 5.90. The van der Waals surface area contributed by atoms with E-state index in [0.29, 0.717) is 12.0 Å². The molecule has 0 fully saturated rings. The largest absolute Gasteiger partial charge is 0.387 e. The first kappa shape index (κ1) is 17.2. The molecule has 2 rings (SSSR count). The molecule has 0 spiro atoms. The van der Waals surface area contributed by atoms with E-state index in [1.165, 1.54) is 29.8 Å². The number of aliphatic hydroxyl groups is 1. The van der Waals surface area contributed by atoms with Crippen LogP contribution in [0.25, 0.3) is 0 Å². The SMILES string of the molecule is Cc1ccc(CC(C)C(=O)NCC(O)c2ccc(F)cc2)cc1. The van der Waals surface area contributed by atoms with Crippen LogP contribution < -0.4 is 5.32 Å². The quantitative estimate of drug-likeness (QED) is 0.860. The molecule has 2 atom stereocenters. The van der Waals surface area contributed by atoms with Crippen molar-refractivity contribution in [1.29, 1.82) is 0 Å². The van der Waals surface area contributed by atoms with Gasteiger partial charge in [-0.3, -0.25) is 4.79 Å². The van der Waals surface area contributed by atoms with Crippen molar-refractivity contribution >= 4 is 5.91 Å². The molecule has 0 bridgehead atoms. The average Bonchev–Trinajstić information content (AvgIpc) is 2.55. The third-order valence-corrected chi connectivity index (χ3v) is 3.83. The molecule has 0 aromatic heterocycles. The number of halogens is 1. The van der Waals surface area contributed by atoms with Crippen molar-refractivity contribution in [2.75, 3.05) is 6.54 Å². The molecule has 1 amide bonds. The number of carbonyl (C=O) groups excluding carboxylic acids is 1. The summed E-state index contributed by atoms with van der Waals surface area (Å²) >= 11 is 0. The van der Waals surface area contributed by atoms with E-state index in [4.69, 9.17) is 0 Å². The molecule has 0 heterocycles. The molecule has 2 N–H and O–H groups in total. The first-order chi connectivity index (χ1) is 11.0. The minimum atomic E-state index is -0.842. The van der Waals surface area contributed by atoms with Crippen LogP contribution in [0.3, 0.4) is 0 Å². The highest BCUT2D eigenvalue weighted by Crippen LogP contribution is 2.14. The van der Waals surface area contributed by atoms with Gasteiger partial charge in [0.05, 0.1) is 6.10 Å². The lowest BCUT2D eigenvalue weighted by molar-refractivity contribution is -0.124. The van der Waals surface area contributed by atoms with Gasteiger partial charge in [0, 0.05) is 12.5 Å². The molecule has 2 aromatic rings. The van der Waals surface area contributed by atoms with Crippen LogP contribution in [-0.2, 0) is 11.2 Å². The van der Waals surface area contributed by atoms with Crippen molar-refractivity contribution in [3.8, 4) is 0 Å². The lowest BCUT2D eigenvalue weighted by Gasteiger charge is -2.16. The van der Waals surface area contributed by atoms with Crippen LogP contribution in [-0.4, -0.2) is 17.6 Å². The summed E-state index contributed by atoms with van der Waals surface area (Å²) in [5, 5.41) is 12.8. The molecule has 3 nitrogen and oxygen atoms in total. The van der Waals surface area contributed by atoms with Crippen molar-refractivity contribution in [3.05, 3.63) is 71.0 Å². The Morgan fingerprint density at radius 3 is 2.35 bits per heavy atom. The maximum absolute atomic E-state index is 12.9. The van der Waals surface area contributed by atoms with E-state index in [1.54, 1.807) is 0 Å². The second-order valence-corrected chi connectivity index (χ2v) is 5.90. The van der Waals surface area contributed by atoms with Gasteiger partial charge in [-0.2, -0.15) is 0 Å². The molecular formula is C19H22FNO2. The highest BCUT2D eigenvalue weighted by atomic mass is 19.1. The number of amides is 1. The van der Waals surface area contributed by atoms with Crippen molar-refractivity contribution < 1.29 is 14.3 Å². The van der Waals surface area contributed by atoms with Crippen LogP contribution in [0.15, 0.2) is 48.5 Å². The molecule has 4 heteroatoms. The fourth-order valence-corrected chi connectivity index (χ4v) is 2.34. The lowest BCUT2D eigenvalue weighted by atomic mass is 9.99. The minimum Gasteiger partial charge on any atom is -0.387 e. The Kier molecular flexibility index (Phi) is 5.88. The van der Waals surface area contributed by atoms with Gasteiger partial charge in [0.15, 0.2) is 0 Å². The van der Waals surface area contributed by atoms with E-state index in [9.17, 15) is 14.3 Å². The molecule has 2 aromatic carbocycles. The first-order valence-electron chi connectivity index (χ1n) is 7.72. The van der Waals surface area contributed by atoms with E-state index >= 15 is 0 Å². The van der Waals surface area contributed by atoms with Crippen LogP contribution in [0, 0.1) is 18.7 Å². The number of aryl methyl sites for hydroxylation is 1. The van der Waals surface area contributed by atoms with E-state index in [-0.39, 0.29) is 24.2 Å². The maximum Gasteiger partial charge on any atom is 0.223 e. The maximum atomic E-state index is 12.9. The van der Waals surface area contributed by atoms with Gasteiger partial charge in [0.2, 0.25) is 5.91 Å². The smallest absolute Gasteiger partial charge is 0.223 e. The number of rotatable bonds is 6. The standard InChI is InChI=1S/C19H22FNO2/c1-13-3-5-15(6-4-13)11-14(2)19(23)21-12-18(22)16-7-9-17(20)10-8-16/h3-10,14,18,22H,11-12H2,1-2H3,(H,21,23). The zero-order valence-electron chi connectivity index (χ0n) is 13.4. The summed E-state index contributed by atoms with van der Waals surface area (Å²) in [6.07, 6.45) is -0.190. The minimum absolute atomic E-state index is 0.105. The van der Waals surface area contributed by atoms with E-state index in [0.717, 1.165) is 5.56 Å². The Morgan fingerprint density at radius 2 is 1.74 bits per heavy atom. The summed E-state index contributed by atoms with van der Waals surface area (Å²) in [6, 6.07) is 13.7. The van der Waals surface area contributed by atoms with Gasteiger partial charge >= 0.3 is 0 Å². The predicted octanol–water partition coefficient (Wildman–Crippen LogP) is 3.16. The number of hydrogen-bond donors (Lipinski definition) is 2. The Hall–Kier alpha value is -2.20. The first-order valence-corrected chi connectivity index (χ1v) is 7.72. The summed E-state index contributed by atoms with van der Waals surface area (Å²) < 4.78 is 12.9. The van der Waals surface area contributed by atoms with Crippen LogP contribution in [0.5, 0.6) is 0 Å². The number of carbonyl (C=O) groups is 1. The van der Waals surface area contributed by atoms with Gasteiger partial charge in [0.1, 0.15) is 5.82 Å². The average molecular weight is 315 g/mol. The van der Waals surface area contributed by atoms with E-state index in [2.05, 4.69) is 5.32 Å². The summed E-state index contributed by atoms with van der Waals surface area (Å²) in [5.41, 5.74) is 2.88. The van der Waals surface area contributed by atoms with Gasteiger partial charge in [0.25, 0.3) is 0 Å². The summed E-state index contributed by atoms with van der Waals surface area (Å²) in [5.74, 6) is -0.637. The number of hydrogen-bond acceptors (Lipinski definition) is 2. The predicted molar refractivity (Wildman–Crippen MR) is 88.4 cm³/mol. The molecule has 0 aliphatic rings. The van der Waals surface area contributed by atoms with Crippen LogP contribution >= 0.6 is 0 Å². The van der Waals surface area contributed by atoms with Crippen molar-refractivity contribution in [1.82, 2.24) is 5.32 Å². The Labute approximate surface area is 136 Å². The third-order valence-electron chi connectivity index (χ3n) is 3.83. The van der Waals surface area contributed by atoms with Crippen LogP contribution in [0.1, 0.15) is 29.7 Å². The third kappa shape index (κ3) is 5.18. The van der Waals surface area contributed by atoms with Crippen molar-refractivity contribution in [3.63, 3.8) is 0 Å². The lowest BCUT2D eigenvalue weighted by Crippen LogP contribution is -2.33. The number of nitrogens with one attached hydrogen (secondary N) is 1. The van der Waals surface area contributed by atoms with Crippen molar-refractivity contribution in [2.24, 2.45) is 5.92 Å². The van der Waals surface area contributed by atoms with Gasteiger partial charge in [-0.15, -0.1) is 0 Å². The molecule has 0 aliphatic heterocycles. The van der Waals surface area contributed by atoms with Gasteiger partial charge in [-0.1, -0.05) is 48.9 Å². The van der Waals surface area contributed by atoms with Crippen LogP contribution in [0.2, 0.25) is 0 Å². The van der Waals surface area contributed by atoms with Crippen LogP contribution in [0.4, 0.5) is 4.39 Å². The van der Waals surface area contributed by atoms with E-state index in [1.807, 2.05) is 38.1 Å². The normalized spacial score (nSPS) is 13.4. The molecule has 0 aliphatic carbocycles. The Balaban J connectivity index is 1.83. The molecular weight excluding hydrogens is 293 g/mol. The molecule has 2 unspecified atom stereocenters. The summed E-state index contributed by atoms with van der Waals surface area (Å²) in [7, 11) is 0. The molecule has 0 saturated carbocycles. The number of benzene rings is 2.